The van der Waals surface area contributed by atoms with E-state index in [1.807, 2.05) is 36.1 Å². The van der Waals surface area contributed by atoms with E-state index in [-0.39, 0.29) is 5.91 Å². The van der Waals surface area contributed by atoms with Gasteiger partial charge >= 0.3 is 0 Å². The monoisotopic (exact) mass is 340 g/mol. The van der Waals surface area contributed by atoms with Gasteiger partial charge in [0.2, 0.25) is 0 Å². The maximum absolute atomic E-state index is 12.7. The van der Waals surface area contributed by atoms with Gasteiger partial charge in [-0.1, -0.05) is 17.7 Å². The van der Waals surface area contributed by atoms with Crippen LogP contribution in [0.25, 0.3) is 0 Å². The summed E-state index contributed by atoms with van der Waals surface area (Å²) in [6.45, 7) is 3.73. The number of aryl methyl sites for hydroxylation is 1. The van der Waals surface area contributed by atoms with Crippen LogP contribution in [0.5, 0.6) is 5.75 Å². The van der Waals surface area contributed by atoms with E-state index in [1.54, 1.807) is 31.6 Å². The Balaban J connectivity index is 1.68. The number of likely N-dealkylation sites (tertiary alicyclic amines) is 1. The molecular weight excluding hydrogens is 316 g/mol. The van der Waals surface area contributed by atoms with Crippen LogP contribution in [0.4, 0.5) is 0 Å². The normalized spacial score (nSPS) is 20.3. The minimum Gasteiger partial charge on any atom is -0.491 e. The van der Waals surface area contributed by atoms with Gasteiger partial charge in [-0.2, -0.15) is 0 Å². The van der Waals surface area contributed by atoms with Gasteiger partial charge in [-0.3, -0.25) is 9.78 Å². The van der Waals surface area contributed by atoms with Gasteiger partial charge in [-0.25, -0.2) is 0 Å². The molecule has 2 heterocycles. The summed E-state index contributed by atoms with van der Waals surface area (Å²) in [5.74, 6) is 0.832. The average Bonchev–Trinajstić information content (AvgIpc) is 2.68. The quantitative estimate of drug-likeness (QED) is 0.839. The molecule has 1 atom stereocenters. The summed E-state index contributed by atoms with van der Waals surface area (Å²) in [4.78, 5) is 18.5. The molecule has 132 valence electrons. The number of nitrogens with zero attached hydrogens (tertiary/aromatic N) is 2. The molecule has 0 spiro atoms. The number of hydrogen-bond donors (Lipinski definition) is 0. The molecule has 1 fully saturated rings. The van der Waals surface area contributed by atoms with Crippen molar-refractivity contribution in [1.29, 1.82) is 0 Å². The van der Waals surface area contributed by atoms with Crippen LogP contribution in [-0.2, 0) is 4.74 Å². The molecular formula is C20H24N2O3. The second kappa shape index (κ2) is 7.66. The van der Waals surface area contributed by atoms with Crippen molar-refractivity contribution in [3.63, 3.8) is 0 Å². The summed E-state index contributed by atoms with van der Waals surface area (Å²) in [6.07, 6.45) is 5.04. The van der Waals surface area contributed by atoms with E-state index >= 15 is 0 Å². The van der Waals surface area contributed by atoms with Crippen LogP contribution < -0.4 is 4.74 Å². The van der Waals surface area contributed by atoms with E-state index in [9.17, 15) is 4.79 Å². The Hall–Kier alpha value is -2.40. The first-order valence-electron chi connectivity index (χ1n) is 8.56. The Morgan fingerprint density at radius 2 is 1.92 bits per heavy atom. The zero-order valence-corrected chi connectivity index (χ0v) is 14.8. The number of methoxy groups -OCH3 is 1. The number of ether oxygens (including phenoxy) is 2. The van der Waals surface area contributed by atoms with Crippen molar-refractivity contribution in [2.45, 2.75) is 25.4 Å². The summed E-state index contributed by atoms with van der Waals surface area (Å²) in [5, 5.41) is 0. The number of rotatable bonds is 5. The lowest BCUT2D eigenvalue weighted by Crippen LogP contribution is -2.54. The van der Waals surface area contributed by atoms with Crippen molar-refractivity contribution in [2.75, 3.05) is 26.8 Å². The van der Waals surface area contributed by atoms with Gasteiger partial charge < -0.3 is 14.4 Å². The molecule has 0 bridgehead atoms. The fourth-order valence-electron chi connectivity index (χ4n) is 3.14. The second-order valence-corrected chi connectivity index (χ2v) is 6.56. The van der Waals surface area contributed by atoms with E-state index in [0.717, 1.165) is 25.1 Å². The Morgan fingerprint density at radius 3 is 2.60 bits per heavy atom. The first-order valence-corrected chi connectivity index (χ1v) is 8.56. The highest BCUT2D eigenvalue weighted by atomic mass is 16.5. The fourth-order valence-corrected chi connectivity index (χ4v) is 3.14. The number of piperidine rings is 1. The van der Waals surface area contributed by atoms with Crippen molar-refractivity contribution in [1.82, 2.24) is 9.88 Å². The lowest BCUT2D eigenvalue weighted by Gasteiger charge is -2.41. The Morgan fingerprint density at radius 1 is 1.20 bits per heavy atom. The highest BCUT2D eigenvalue weighted by Crippen LogP contribution is 2.27. The third-order valence-corrected chi connectivity index (χ3v) is 4.71. The summed E-state index contributed by atoms with van der Waals surface area (Å²) < 4.78 is 11.8. The van der Waals surface area contributed by atoms with Gasteiger partial charge in [-0.15, -0.1) is 0 Å². The van der Waals surface area contributed by atoms with E-state index in [4.69, 9.17) is 9.47 Å². The molecule has 1 saturated heterocycles. The first kappa shape index (κ1) is 17.4. The predicted octanol–water partition coefficient (Wildman–Crippen LogP) is 3.09. The maximum atomic E-state index is 12.7. The van der Waals surface area contributed by atoms with Crippen molar-refractivity contribution >= 4 is 5.91 Å². The van der Waals surface area contributed by atoms with Crippen molar-refractivity contribution in [2.24, 2.45) is 0 Å². The molecule has 1 aromatic carbocycles. The molecule has 1 amide bonds. The van der Waals surface area contributed by atoms with Crippen LogP contribution in [0.2, 0.25) is 0 Å². The number of carbonyl (C=O) groups is 1. The molecule has 0 radical (unpaired) electrons. The molecule has 0 aliphatic carbocycles. The standard InChI is InChI=1S/C20H24N2O3/c1-16-4-6-18(7-5-16)25-15-20(24-2)10-3-13-22(14-20)19(23)17-8-11-21-12-9-17/h4-9,11-12H,3,10,13-15H2,1-2H3. The van der Waals surface area contributed by atoms with Gasteiger partial charge in [0.1, 0.15) is 18.0 Å². The smallest absolute Gasteiger partial charge is 0.254 e. The van der Waals surface area contributed by atoms with Gasteiger partial charge in [0.25, 0.3) is 5.91 Å². The predicted molar refractivity (Wildman–Crippen MR) is 95.8 cm³/mol. The number of amides is 1. The van der Waals surface area contributed by atoms with Crippen molar-refractivity contribution in [3.05, 3.63) is 59.9 Å². The van der Waals surface area contributed by atoms with Crippen LogP contribution in [0.15, 0.2) is 48.8 Å². The molecule has 1 aliphatic rings. The zero-order chi connectivity index (χ0) is 17.7. The molecule has 3 rings (SSSR count). The van der Waals surface area contributed by atoms with Gasteiger partial charge in [0.15, 0.2) is 0 Å². The van der Waals surface area contributed by atoms with E-state index in [1.165, 1.54) is 5.56 Å². The summed E-state index contributed by atoms with van der Waals surface area (Å²) in [7, 11) is 1.69. The molecule has 1 aliphatic heterocycles. The van der Waals surface area contributed by atoms with Gasteiger partial charge in [0, 0.05) is 31.6 Å². The molecule has 25 heavy (non-hydrogen) atoms. The SMILES string of the molecule is COC1(COc2ccc(C)cc2)CCCN(C(=O)c2ccncc2)C1. The number of aromatic nitrogens is 1. The molecule has 5 nitrogen and oxygen atoms in total. The minimum atomic E-state index is -0.480. The van der Waals surface area contributed by atoms with Crippen LogP contribution in [0, 0.1) is 6.92 Å². The molecule has 0 N–H and O–H groups in total. The van der Waals surface area contributed by atoms with Gasteiger partial charge in [0.05, 0.1) is 6.54 Å². The lowest BCUT2D eigenvalue weighted by molar-refractivity contribution is -0.0824. The lowest BCUT2D eigenvalue weighted by atomic mass is 9.93. The zero-order valence-electron chi connectivity index (χ0n) is 14.8. The minimum absolute atomic E-state index is 0.0128. The molecule has 5 heteroatoms. The highest BCUT2D eigenvalue weighted by molar-refractivity contribution is 5.94. The van der Waals surface area contributed by atoms with E-state index in [0.29, 0.717) is 18.7 Å². The third kappa shape index (κ3) is 4.17. The second-order valence-electron chi connectivity index (χ2n) is 6.56. The topological polar surface area (TPSA) is 51.7 Å². The number of benzene rings is 1. The molecule has 0 saturated carbocycles. The van der Waals surface area contributed by atoms with E-state index < -0.39 is 5.60 Å². The summed E-state index contributed by atoms with van der Waals surface area (Å²) in [5.41, 5.74) is 1.37. The van der Waals surface area contributed by atoms with Crippen molar-refractivity contribution < 1.29 is 14.3 Å². The average molecular weight is 340 g/mol. The van der Waals surface area contributed by atoms with Crippen LogP contribution in [0.3, 0.4) is 0 Å². The summed E-state index contributed by atoms with van der Waals surface area (Å²) >= 11 is 0. The third-order valence-electron chi connectivity index (χ3n) is 4.71. The molecule has 2 aromatic rings. The Kier molecular flexibility index (Phi) is 5.34. The highest BCUT2D eigenvalue weighted by Gasteiger charge is 2.38. The van der Waals surface area contributed by atoms with Crippen LogP contribution in [0.1, 0.15) is 28.8 Å². The largest absolute Gasteiger partial charge is 0.491 e. The Bertz CT molecular complexity index is 703. The summed E-state index contributed by atoms with van der Waals surface area (Å²) in [6, 6.07) is 11.5. The number of pyridine rings is 1. The van der Waals surface area contributed by atoms with E-state index in [2.05, 4.69) is 4.98 Å². The fraction of sp³-hybridized carbons (Fsp3) is 0.400. The molecule has 1 aromatic heterocycles. The number of hydrogen-bond acceptors (Lipinski definition) is 4. The first-order chi connectivity index (χ1) is 12.1. The van der Waals surface area contributed by atoms with Crippen LogP contribution in [-0.4, -0.2) is 48.2 Å². The maximum Gasteiger partial charge on any atom is 0.254 e. The van der Waals surface area contributed by atoms with Crippen molar-refractivity contribution in [3.8, 4) is 5.75 Å². The van der Waals surface area contributed by atoms with Crippen LogP contribution >= 0.6 is 0 Å². The molecule has 1 unspecified atom stereocenters. The Labute approximate surface area is 148 Å². The van der Waals surface area contributed by atoms with Gasteiger partial charge in [-0.05, 0) is 44.0 Å². The number of carbonyl (C=O) groups excluding carboxylic acids is 1.